The highest BCUT2D eigenvalue weighted by atomic mass is 15.2. The Hall–Kier alpha value is -1.65. The van der Waals surface area contributed by atoms with Crippen LogP contribution in [0.3, 0.4) is 0 Å². The van der Waals surface area contributed by atoms with Crippen LogP contribution in [0.5, 0.6) is 0 Å². The number of hydrogen-bond acceptors (Lipinski definition) is 4. The van der Waals surface area contributed by atoms with E-state index in [9.17, 15) is 0 Å². The Kier molecular flexibility index (Phi) is 2.53. The molecule has 0 fully saturated rings. The van der Waals surface area contributed by atoms with Crippen LogP contribution in [-0.4, -0.2) is 20.4 Å². The zero-order valence-corrected chi connectivity index (χ0v) is 9.04. The molecule has 0 aliphatic rings. The van der Waals surface area contributed by atoms with E-state index < -0.39 is 0 Å². The van der Waals surface area contributed by atoms with Gasteiger partial charge in [-0.25, -0.2) is 0 Å². The van der Waals surface area contributed by atoms with Crippen LogP contribution < -0.4 is 5.73 Å². The number of rotatable bonds is 3. The third-order valence-electron chi connectivity index (χ3n) is 2.53. The monoisotopic (exact) mass is 205 g/mol. The number of nitrogens with one attached hydrogen (secondary N) is 1. The van der Waals surface area contributed by atoms with E-state index in [-0.39, 0.29) is 0 Å². The third kappa shape index (κ3) is 1.65. The van der Waals surface area contributed by atoms with Gasteiger partial charge in [-0.3, -0.25) is 5.10 Å². The second-order valence-electron chi connectivity index (χ2n) is 3.69. The van der Waals surface area contributed by atoms with Gasteiger partial charge in [0.05, 0.1) is 11.4 Å². The number of nitrogens with two attached hydrogens (primary N) is 1. The van der Waals surface area contributed by atoms with E-state index in [0.717, 1.165) is 41.6 Å². The van der Waals surface area contributed by atoms with E-state index in [2.05, 4.69) is 27.3 Å². The van der Waals surface area contributed by atoms with Gasteiger partial charge in [-0.2, -0.15) is 10.2 Å². The van der Waals surface area contributed by atoms with Crippen LogP contribution in [0.15, 0.2) is 0 Å². The molecule has 5 nitrogen and oxygen atoms in total. The predicted octanol–water partition coefficient (Wildman–Crippen LogP) is 1.59. The van der Waals surface area contributed by atoms with Crippen molar-refractivity contribution >= 4 is 16.7 Å². The molecule has 0 spiro atoms. The highest BCUT2D eigenvalue weighted by molar-refractivity contribution is 5.90. The fourth-order valence-electron chi connectivity index (χ4n) is 1.71. The van der Waals surface area contributed by atoms with Gasteiger partial charge in [0.25, 0.3) is 0 Å². The lowest BCUT2D eigenvalue weighted by atomic mass is 10.1. The summed E-state index contributed by atoms with van der Waals surface area (Å²) in [5.41, 5.74) is 8.47. The van der Waals surface area contributed by atoms with Crippen molar-refractivity contribution < 1.29 is 0 Å². The van der Waals surface area contributed by atoms with E-state index in [1.165, 1.54) is 0 Å². The second kappa shape index (κ2) is 3.84. The Morgan fingerprint density at radius 3 is 2.87 bits per heavy atom. The van der Waals surface area contributed by atoms with Gasteiger partial charge < -0.3 is 5.73 Å². The van der Waals surface area contributed by atoms with Crippen LogP contribution in [0.4, 0.5) is 5.82 Å². The first-order valence-electron chi connectivity index (χ1n) is 5.19. The quantitative estimate of drug-likeness (QED) is 0.797. The minimum absolute atomic E-state index is 0.422. The van der Waals surface area contributed by atoms with Gasteiger partial charge in [0, 0.05) is 5.39 Å². The maximum Gasteiger partial charge on any atom is 0.172 e. The van der Waals surface area contributed by atoms with Gasteiger partial charge in [0.2, 0.25) is 0 Å². The molecule has 0 amide bonds. The van der Waals surface area contributed by atoms with Crippen LogP contribution >= 0.6 is 0 Å². The van der Waals surface area contributed by atoms with Crippen molar-refractivity contribution in [3.8, 4) is 0 Å². The van der Waals surface area contributed by atoms with Crippen molar-refractivity contribution in [1.29, 1.82) is 0 Å². The predicted molar refractivity (Wildman–Crippen MR) is 59.4 cm³/mol. The lowest BCUT2D eigenvalue weighted by Gasteiger charge is -1.99. The molecule has 0 unspecified atom stereocenters. The van der Waals surface area contributed by atoms with Crippen molar-refractivity contribution in [2.24, 2.45) is 0 Å². The highest BCUT2D eigenvalue weighted by Crippen LogP contribution is 2.22. The number of unbranched alkanes of at least 4 members (excludes halogenated alkanes) is 1. The van der Waals surface area contributed by atoms with Crippen LogP contribution in [0.1, 0.15) is 31.2 Å². The molecular formula is C10H15N5. The van der Waals surface area contributed by atoms with Gasteiger partial charge in [-0.15, -0.1) is 5.10 Å². The molecule has 2 heterocycles. The molecule has 0 saturated carbocycles. The Labute approximate surface area is 88.1 Å². The van der Waals surface area contributed by atoms with Gasteiger partial charge >= 0.3 is 0 Å². The summed E-state index contributed by atoms with van der Waals surface area (Å²) in [6.45, 7) is 4.09. The highest BCUT2D eigenvalue weighted by Gasteiger charge is 2.11. The van der Waals surface area contributed by atoms with Crippen LogP contribution in [0, 0.1) is 6.92 Å². The molecule has 2 aromatic rings. The minimum Gasteiger partial charge on any atom is -0.380 e. The lowest BCUT2D eigenvalue weighted by molar-refractivity contribution is 0.775. The summed E-state index contributed by atoms with van der Waals surface area (Å²) in [5, 5.41) is 16.1. The molecule has 0 bridgehead atoms. The minimum atomic E-state index is 0.422. The number of nitrogens with zero attached hydrogens (tertiary/aromatic N) is 3. The first-order valence-corrected chi connectivity index (χ1v) is 5.19. The summed E-state index contributed by atoms with van der Waals surface area (Å²) in [4.78, 5) is 0. The number of H-pyrrole nitrogens is 1. The molecule has 2 aromatic heterocycles. The van der Waals surface area contributed by atoms with Crippen molar-refractivity contribution in [2.45, 2.75) is 33.1 Å². The molecule has 0 atom stereocenters. The van der Waals surface area contributed by atoms with Gasteiger partial charge in [-0.05, 0) is 19.8 Å². The van der Waals surface area contributed by atoms with Crippen molar-refractivity contribution in [2.75, 3.05) is 5.73 Å². The summed E-state index contributed by atoms with van der Waals surface area (Å²) < 4.78 is 0. The van der Waals surface area contributed by atoms with E-state index in [1.54, 1.807) is 0 Å². The fourth-order valence-corrected chi connectivity index (χ4v) is 1.71. The summed E-state index contributed by atoms with van der Waals surface area (Å²) in [6, 6.07) is 0. The molecule has 3 N–H and O–H groups in total. The first-order chi connectivity index (χ1) is 7.24. The van der Waals surface area contributed by atoms with Gasteiger partial charge in [0.15, 0.2) is 5.82 Å². The summed E-state index contributed by atoms with van der Waals surface area (Å²) in [6.07, 6.45) is 3.24. The van der Waals surface area contributed by atoms with E-state index in [0.29, 0.717) is 5.82 Å². The molecule has 5 heteroatoms. The topological polar surface area (TPSA) is 80.5 Å². The second-order valence-corrected chi connectivity index (χ2v) is 3.69. The fraction of sp³-hybridized carbons (Fsp3) is 0.500. The number of aromatic nitrogens is 4. The Bertz CT molecular complexity index is 474. The molecule has 0 aromatic carbocycles. The summed E-state index contributed by atoms with van der Waals surface area (Å²) >= 11 is 0. The molecule has 0 radical (unpaired) electrons. The molecular weight excluding hydrogens is 190 g/mol. The average Bonchev–Trinajstić information content (AvgIpc) is 2.65. The Balaban J connectivity index is 2.53. The van der Waals surface area contributed by atoms with Gasteiger partial charge in [0.1, 0.15) is 5.52 Å². The van der Waals surface area contributed by atoms with Gasteiger partial charge in [-0.1, -0.05) is 13.3 Å². The average molecular weight is 205 g/mol. The number of aromatic amines is 1. The van der Waals surface area contributed by atoms with Crippen molar-refractivity contribution in [3.63, 3.8) is 0 Å². The number of nitrogen functional groups attached to an aromatic ring is 1. The first kappa shape index (κ1) is 9.89. The zero-order chi connectivity index (χ0) is 10.8. The normalized spacial score (nSPS) is 11.1. The van der Waals surface area contributed by atoms with Crippen LogP contribution in [0.25, 0.3) is 10.9 Å². The largest absolute Gasteiger partial charge is 0.380 e. The standard InChI is InChI=1S/C10H15N5/c1-3-4-5-7-8-6(2)12-15-10(11)9(8)14-13-7/h3-5H2,1-2H3,(H2,11,15)(H,13,14). The molecule has 0 aliphatic heterocycles. The van der Waals surface area contributed by atoms with E-state index >= 15 is 0 Å². The molecule has 0 aliphatic carbocycles. The Morgan fingerprint density at radius 2 is 2.13 bits per heavy atom. The molecule has 0 saturated heterocycles. The summed E-state index contributed by atoms with van der Waals surface area (Å²) in [5.74, 6) is 0.422. The summed E-state index contributed by atoms with van der Waals surface area (Å²) in [7, 11) is 0. The number of fused-ring (bicyclic) bond motifs is 1. The molecule has 2 rings (SSSR count). The number of aryl methyl sites for hydroxylation is 2. The van der Waals surface area contributed by atoms with Crippen LogP contribution in [-0.2, 0) is 6.42 Å². The maximum atomic E-state index is 5.72. The van der Waals surface area contributed by atoms with E-state index in [4.69, 9.17) is 5.73 Å². The third-order valence-corrected chi connectivity index (χ3v) is 2.53. The van der Waals surface area contributed by atoms with E-state index in [1.807, 2.05) is 6.92 Å². The smallest absolute Gasteiger partial charge is 0.172 e. The van der Waals surface area contributed by atoms with Crippen molar-refractivity contribution in [3.05, 3.63) is 11.4 Å². The molecule has 15 heavy (non-hydrogen) atoms. The lowest BCUT2D eigenvalue weighted by Crippen LogP contribution is -1.97. The zero-order valence-electron chi connectivity index (χ0n) is 9.04. The molecule has 80 valence electrons. The Morgan fingerprint density at radius 1 is 1.33 bits per heavy atom. The maximum absolute atomic E-state index is 5.72. The SMILES string of the molecule is CCCCc1n[nH]c2c(N)nnc(C)c12. The number of anilines is 1. The van der Waals surface area contributed by atoms with Crippen LogP contribution in [0.2, 0.25) is 0 Å². The van der Waals surface area contributed by atoms with Crippen molar-refractivity contribution in [1.82, 2.24) is 20.4 Å². The number of hydrogen-bond donors (Lipinski definition) is 2.